The Balaban J connectivity index is 1.49. The molecule has 2 aromatic heterocycles. The number of rotatable bonds is 3. The van der Waals surface area contributed by atoms with Crippen LogP contribution in [0.5, 0.6) is 0 Å². The van der Waals surface area contributed by atoms with Crippen LogP contribution < -0.4 is 15.2 Å². The van der Waals surface area contributed by atoms with Crippen molar-refractivity contribution in [2.45, 2.75) is 0 Å². The van der Waals surface area contributed by atoms with E-state index in [0.717, 1.165) is 5.69 Å². The maximum Gasteiger partial charge on any atom is 0.361 e. The molecule has 0 bridgehead atoms. The van der Waals surface area contributed by atoms with Crippen LogP contribution in [0, 0.1) is 11.6 Å². The normalized spacial score (nSPS) is 14.1. The van der Waals surface area contributed by atoms with E-state index in [9.17, 15) is 14.0 Å². The summed E-state index contributed by atoms with van der Waals surface area (Å²) in [6, 6.07) is 10.9. The summed E-state index contributed by atoms with van der Waals surface area (Å²) in [7, 11) is 1.64. The molecule has 2 aromatic carbocycles. The van der Waals surface area contributed by atoms with Gasteiger partial charge in [0.25, 0.3) is 0 Å². The number of carbonyl (C=O) groups is 1. The second-order valence-electron chi connectivity index (χ2n) is 8.15. The summed E-state index contributed by atoms with van der Waals surface area (Å²) >= 11 is 5.13. The van der Waals surface area contributed by atoms with Gasteiger partial charge in [0, 0.05) is 50.5 Å². The zero-order chi connectivity index (χ0) is 24.0. The first-order valence-corrected chi connectivity index (χ1v) is 10.9. The molecule has 0 unspecified atom stereocenters. The third-order valence-electron chi connectivity index (χ3n) is 6.11. The summed E-state index contributed by atoms with van der Waals surface area (Å²) in [5, 5.41) is 0.599. The van der Waals surface area contributed by atoms with E-state index < -0.39 is 17.2 Å². The van der Waals surface area contributed by atoms with E-state index in [1.165, 1.54) is 35.0 Å². The molecule has 10 heteroatoms. The lowest BCUT2D eigenvalue weighted by molar-refractivity contribution is 0.0749. The number of hydrogen-bond donors (Lipinski definition) is 0. The number of carbonyl (C=O) groups excluding carboxylic acids is 1. The van der Waals surface area contributed by atoms with Gasteiger partial charge in [-0.25, -0.2) is 18.6 Å². The second kappa shape index (κ2) is 8.57. The highest BCUT2D eigenvalue weighted by atomic mass is 35.5. The number of piperazine rings is 1. The molecule has 0 atom stereocenters. The van der Waals surface area contributed by atoms with Crippen LogP contribution in [0.25, 0.3) is 21.9 Å². The van der Waals surface area contributed by atoms with Crippen molar-refractivity contribution >= 4 is 51.1 Å². The first kappa shape index (κ1) is 22.1. The first-order chi connectivity index (χ1) is 16.4. The maximum atomic E-state index is 15.1. The molecule has 34 heavy (non-hydrogen) atoms. The number of anilines is 2. The zero-order valence-corrected chi connectivity index (χ0v) is 18.9. The Hall–Kier alpha value is -3.72. The minimum absolute atomic E-state index is 0.162. The number of benzene rings is 2. The summed E-state index contributed by atoms with van der Waals surface area (Å²) in [5.41, 5.74) is 1.39. The highest BCUT2D eigenvalue weighted by molar-refractivity contribution is 6.16. The molecule has 1 aliphatic heterocycles. The van der Waals surface area contributed by atoms with E-state index in [0.29, 0.717) is 48.4 Å². The van der Waals surface area contributed by atoms with E-state index in [-0.39, 0.29) is 16.8 Å². The van der Waals surface area contributed by atoms with Gasteiger partial charge in [0.1, 0.15) is 34.7 Å². The fourth-order valence-corrected chi connectivity index (χ4v) is 4.44. The molecule has 0 radical (unpaired) electrons. The largest absolute Gasteiger partial charge is 0.368 e. The quantitative estimate of drug-likeness (QED) is 0.409. The molecule has 0 spiro atoms. The van der Waals surface area contributed by atoms with Gasteiger partial charge in [0.15, 0.2) is 0 Å². The summed E-state index contributed by atoms with van der Waals surface area (Å²) < 4.78 is 34.0. The lowest BCUT2D eigenvalue weighted by Gasteiger charge is -2.37. The molecular weight excluding hydrogens is 466 g/mol. The number of pyridine rings is 2. The minimum atomic E-state index is -0.967. The van der Waals surface area contributed by atoms with Crippen LogP contribution in [0.2, 0.25) is 0 Å². The van der Waals surface area contributed by atoms with Crippen LogP contribution in [0.1, 0.15) is 10.4 Å². The summed E-state index contributed by atoms with van der Waals surface area (Å²) in [6.45, 7) is 2.47. The summed E-state index contributed by atoms with van der Waals surface area (Å²) in [5.74, 6) is -1.68. The number of aromatic nitrogens is 2. The molecule has 3 heterocycles. The number of hydrogen-bond acceptors (Lipinski definition) is 6. The Morgan fingerprint density at radius 1 is 1.03 bits per heavy atom. The SMILES string of the molecule is Cn1cc(C(=O)OCl)c(=O)c2cc3cc(F)c(N4CCN(c5ccc(F)cc5)CC4)cc3nc21. The van der Waals surface area contributed by atoms with Crippen LogP contribution in [0.15, 0.2) is 53.5 Å². The molecule has 1 aliphatic rings. The fourth-order valence-electron chi connectivity index (χ4n) is 4.35. The van der Waals surface area contributed by atoms with Gasteiger partial charge in [0.05, 0.1) is 16.6 Å². The van der Waals surface area contributed by atoms with Gasteiger partial charge in [-0.2, -0.15) is 0 Å². The Bertz CT molecular complexity index is 1480. The predicted octanol–water partition coefficient (Wildman–Crippen LogP) is 4.00. The Morgan fingerprint density at radius 3 is 2.38 bits per heavy atom. The number of fused-ring (bicyclic) bond motifs is 2. The number of nitrogens with zero attached hydrogens (tertiary/aromatic N) is 4. The van der Waals surface area contributed by atoms with Crippen LogP contribution in [0.3, 0.4) is 0 Å². The van der Waals surface area contributed by atoms with Crippen molar-refractivity contribution in [3.8, 4) is 0 Å². The van der Waals surface area contributed by atoms with E-state index in [2.05, 4.69) is 14.2 Å². The van der Waals surface area contributed by atoms with Crippen molar-refractivity contribution in [1.29, 1.82) is 0 Å². The molecule has 0 amide bonds. The van der Waals surface area contributed by atoms with Crippen molar-refractivity contribution < 1.29 is 17.9 Å². The Labute approximate surface area is 197 Å². The molecule has 0 N–H and O–H groups in total. The van der Waals surface area contributed by atoms with Crippen LogP contribution in [-0.4, -0.2) is 41.7 Å². The van der Waals surface area contributed by atoms with Gasteiger partial charge >= 0.3 is 5.97 Å². The number of aryl methyl sites for hydroxylation is 1. The average Bonchev–Trinajstić information content (AvgIpc) is 2.85. The van der Waals surface area contributed by atoms with Crippen LogP contribution in [0.4, 0.5) is 20.2 Å². The highest BCUT2D eigenvalue weighted by Crippen LogP contribution is 2.28. The van der Waals surface area contributed by atoms with Gasteiger partial charge < -0.3 is 18.7 Å². The summed E-state index contributed by atoms with van der Waals surface area (Å²) in [4.78, 5) is 33.2. The highest BCUT2D eigenvalue weighted by Gasteiger charge is 2.22. The molecule has 1 saturated heterocycles. The third-order valence-corrected chi connectivity index (χ3v) is 6.25. The molecule has 5 rings (SSSR count). The zero-order valence-electron chi connectivity index (χ0n) is 18.1. The predicted molar refractivity (Wildman–Crippen MR) is 127 cm³/mol. The third kappa shape index (κ3) is 3.81. The van der Waals surface area contributed by atoms with Crippen molar-refractivity contribution in [3.05, 3.63) is 76.1 Å². The van der Waals surface area contributed by atoms with E-state index >= 15 is 4.39 Å². The van der Waals surface area contributed by atoms with Crippen LogP contribution in [-0.2, 0) is 11.3 Å². The fraction of sp³-hybridized carbons (Fsp3) is 0.208. The van der Waals surface area contributed by atoms with Gasteiger partial charge in [-0.15, -0.1) is 0 Å². The molecule has 1 fully saturated rings. The molecule has 174 valence electrons. The molecule has 7 nitrogen and oxygen atoms in total. The van der Waals surface area contributed by atoms with Gasteiger partial charge in [-0.3, -0.25) is 4.79 Å². The Morgan fingerprint density at radius 2 is 1.71 bits per heavy atom. The molecule has 4 aromatic rings. The van der Waals surface area contributed by atoms with Crippen LogP contribution >= 0.6 is 11.9 Å². The monoisotopic (exact) mass is 484 g/mol. The van der Waals surface area contributed by atoms with Crippen molar-refractivity contribution in [2.75, 3.05) is 36.0 Å². The Kier molecular flexibility index (Phi) is 5.57. The topological polar surface area (TPSA) is 67.7 Å². The van der Waals surface area contributed by atoms with Gasteiger partial charge in [-0.05, 0) is 42.5 Å². The standard InChI is InChI=1S/C24H19ClF2N4O3/c1-29-13-18(24(33)34-25)22(32)17-10-14-11-19(27)21(12-20(14)28-23(17)29)31-8-6-30(7-9-31)16-4-2-15(26)3-5-16/h2-5,10-13H,6-9H2,1H3. The molecule has 0 aliphatic carbocycles. The van der Waals surface area contributed by atoms with E-state index in [4.69, 9.17) is 11.9 Å². The molecule has 0 saturated carbocycles. The number of halogens is 3. The van der Waals surface area contributed by atoms with E-state index in [1.807, 2.05) is 4.90 Å². The van der Waals surface area contributed by atoms with Gasteiger partial charge in [-0.1, -0.05) is 0 Å². The first-order valence-electron chi connectivity index (χ1n) is 10.6. The van der Waals surface area contributed by atoms with Crippen molar-refractivity contribution in [3.63, 3.8) is 0 Å². The second-order valence-corrected chi connectivity index (χ2v) is 8.31. The smallest absolute Gasteiger partial charge is 0.361 e. The van der Waals surface area contributed by atoms with E-state index in [1.54, 1.807) is 25.2 Å². The van der Waals surface area contributed by atoms with Crippen molar-refractivity contribution in [1.82, 2.24) is 9.55 Å². The summed E-state index contributed by atoms with van der Waals surface area (Å²) in [6.07, 6.45) is 1.31. The minimum Gasteiger partial charge on any atom is -0.368 e. The van der Waals surface area contributed by atoms with Gasteiger partial charge in [0.2, 0.25) is 5.43 Å². The van der Waals surface area contributed by atoms with Crippen molar-refractivity contribution in [2.24, 2.45) is 7.05 Å². The lowest BCUT2D eigenvalue weighted by Crippen LogP contribution is -2.46. The average molecular weight is 485 g/mol. The lowest BCUT2D eigenvalue weighted by atomic mass is 10.1. The maximum absolute atomic E-state index is 15.1. The molecular formula is C24H19ClF2N4O3.